The largest absolute Gasteiger partial charge is 0.464 e. The second-order valence-electron chi connectivity index (χ2n) is 6.65. The molecule has 0 saturated carbocycles. The average molecular weight is 377 g/mol. The number of imide groups is 1. The van der Waals surface area contributed by atoms with E-state index in [1.165, 1.54) is 0 Å². The van der Waals surface area contributed by atoms with Crippen LogP contribution in [0.4, 0.5) is 0 Å². The first-order valence-electron chi connectivity index (χ1n) is 9.18. The Hall–Kier alpha value is -3.41. The molecule has 1 aliphatic rings. The van der Waals surface area contributed by atoms with Gasteiger partial charge in [0.05, 0.1) is 30.4 Å². The monoisotopic (exact) mass is 377 g/mol. The van der Waals surface area contributed by atoms with Gasteiger partial charge < -0.3 is 9.15 Å². The molecule has 6 heteroatoms. The second kappa shape index (κ2) is 7.31. The quantitative estimate of drug-likeness (QED) is 0.486. The maximum atomic E-state index is 12.3. The van der Waals surface area contributed by atoms with E-state index >= 15 is 0 Å². The molecule has 0 saturated heterocycles. The van der Waals surface area contributed by atoms with E-state index in [2.05, 4.69) is 6.92 Å². The summed E-state index contributed by atoms with van der Waals surface area (Å²) in [6.07, 6.45) is 2.54. The maximum absolute atomic E-state index is 12.3. The number of rotatable bonds is 6. The van der Waals surface area contributed by atoms with Gasteiger partial charge >= 0.3 is 5.97 Å². The summed E-state index contributed by atoms with van der Waals surface area (Å²) in [6, 6.07) is 12.6. The number of furan rings is 1. The van der Waals surface area contributed by atoms with Crippen LogP contribution in [0.2, 0.25) is 0 Å². The molecule has 0 spiro atoms. The van der Waals surface area contributed by atoms with Crippen LogP contribution in [0, 0.1) is 0 Å². The molecule has 0 N–H and O–H groups in total. The fourth-order valence-corrected chi connectivity index (χ4v) is 3.38. The number of fused-ring (bicyclic) bond motifs is 2. The van der Waals surface area contributed by atoms with Crippen LogP contribution in [0.1, 0.15) is 38.8 Å². The standard InChI is InChI=1S/C22H19NO5/c1-2-14-7-8-16-15(13-28-19(16)11-14)12-20(24)27-10-9-23-21(25)17-5-3-4-6-18(17)22(23)26/h3-8,11,13H,2,9-10,12H2,1H3. The van der Waals surface area contributed by atoms with E-state index in [1.54, 1.807) is 30.5 Å². The van der Waals surface area contributed by atoms with Crippen molar-refractivity contribution >= 4 is 28.8 Å². The number of hydrogen-bond donors (Lipinski definition) is 0. The minimum atomic E-state index is -0.432. The number of benzene rings is 2. The zero-order chi connectivity index (χ0) is 19.7. The fraction of sp³-hybridized carbons (Fsp3) is 0.227. The third kappa shape index (κ3) is 3.17. The summed E-state index contributed by atoms with van der Waals surface area (Å²) in [5.74, 6) is -1.15. The van der Waals surface area contributed by atoms with Crippen molar-refractivity contribution in [1.29, 1.82) is 0 Å². The van der Waals surface area contributed by atoms with Crippen LogP contribution in [0.3, 0.4) is 0 Å². The van der Waals surface area contributed by atoms with Gasteiger partial charge in [0.15, 0.2) is 0 Å². The van der Waals surface area contributed by atoms with Crippen molar-refractivity contribution in [3.05, 3.63) is 71.0 Å². The smallest absolute Gasteiger partial charge is 0.310 e. The van der Waals surface area contributed by atoms with Crippen molar-refractivity contribution < 1.29 is 23.5 Å². The van der Waals surface area contributed by atoms with Crippen LogP contribution in [0.5, 0.6) is 0 Å². The van der Waals surface area contributed by atoms with Gasteiger partial charge in [-0.3, -0.25) is 19.3 Å². The Balaban J connectivity index is 1.35. The fourth-order valence-electron chi connectivity index (χ4n) is 3.38. The van der Waals surface area contributed by atoms with E-state index in [0.717, 1.165) is 33.4 Å². The van der Waals surface area contributed by atoms with Crippen molar-refractivity contribution in [3.8, 4) is 0 Å². The van der Waals surface area contributed by atoms with Gasteiger partial charge in [-0.1, -0.05) is 31.2 Å². The molecule has 28 heavy (non-hydrogen) atoms. The Kier molecular flexibility index (Phi) is 4.69. The van der Waals surface area contributed by atoms with Gasteiger partial charge in [0.2, 0.25) is 0 Å². The summed E-state index contributed by atoms with van der Waals surface area (Å²) in [5, 5.41) is 0.884. The molecule has 0 radical (unpaired) electrons. The molecule has 142 valence electrons. The van der Waals surface area contributed by atoms with Crippen LogP contribution in [-0.2, 0) is 22.4 Å². The van der Waals surface area contributed by atoms with Crippen molar-refractivity contribution in [2.45, 2.75) is 19.8 Å². The van der Waals surface area contributed by atoms with Gasteiger partial charge in [0, 0.05) is 10.9 Å². The summed E-state index contributed by atoms with van der Waals surface area (Å²) >= 11 is 0. The molecule has 0 fully saturated rings. The van der Waals surface area contributed by atoms with Crippen molar-refractivity contribution in [3.63, 3.8) is 0 Å². The van der Waals surface area contributed by atoms with E-state index in [4.69, 9.17) is 9.15 Å². The maximum Gasteiger partial charge on any atom is 0.310 e. The second-order valence-corrected chi connectivity index (χ2v) is 6.65. The molecule has 4 rings (SSSR count). The molecule has 1 aromatic heterocycles. The predicted molar refractivity (Wildman–Crippen MR) is 102 cm³/mol. The van der Waals surface area contributed by atoms with Gasteiger partial charge in [-0.15, -0.1) is 0 Å². The number of aryl methyl sites for hydroxylation is 1. The summed E-state index contributed by atoms with van der Waals surface area (Å²) in [5.41, 5.74) is 3.43. The third-order valence-electron chi connectivity index (χ3n) is 4.92. The van der Waals surface area contributed by atoms with E-state index in [9.17, 15) is 14.4 Å². The van der Waals surface area contributed by atoms with Crippen molar-refractivity contribution in [1.82, 2.24) is 4.90 Å². The molecule has 0 atom stereocenters. The minimum Gasteiger partial charge on any atom is -0.464 e. The Morgan fingerprint density at radius 1 is 1.07 bits per heavy atom. The molecular weight excluding hydrogens is 358 g/mol. The molecule has 2 aromatic carbocycles. The SMILES string of the molecule is CCc1ccc2c(CC(=O)OCCN3C(=O)c4ccccc4C3=O)coc2c1. The molecule has 0 unspecified atom stereocenters. The first-order chi connectivity index (χ1) is 13.6. The van der Waals surface area contributed by atoms with E-state index in [-0.39, 0.29) is 31.4 Å². The first-order valence-corrected chi connectivity index (χ1v) is 9.18. The zero-order valence-corrected chi connectivity index (χ0v) is 15.4. The molecule has 1 aliphatic heterocycles. The summed E-state index contributed by atoms with van der Waals surface area (Å²) < 4.78 is 10.8. The summed E-state index contributed by atoms with van der Waals surface area (Å²) in [6.45, 7) is 2.06. The Morgan fingerprint density at radius 3 is 2.46 bits per heavy atom. The summed E-state index contributed by atoms with van der Waals surface area (Å²) in [7, 11) is 0. The number of nitrogens with zero attached hydrogens (tertiary/aromatic N) is 1. The van der Waals surface area contributed by atoms with Crippen molar-refractivity contribution in [2.75, 3.05) is 13.2 Å². The lowest BCUT2D eigenvalue weighted by Gasteiger charge is -2.13. The number of carbonyl (C=O) groups excluding carboxylic acids is 3. The highest BCUT2D eigenvalue weighted by Gasteiger charge is 2.34. The Labute approximate surface area is 161 Å². The molecule has 2 amide bonds. The number of carbonyl (C=O) groups is 3. The molecule has 6 nitrogen and oxygen atoms in total. The number of esters is 1. The third-order valence-corrected chi connectivity index (χ3v) is 4.92. The minimum absolute atomic E-state index is 0.0318. The van der Waals surface area contributed by atoms with E-state index in [1.807, 2.05) is 18.2 Å². The van der Waals surface area contributed by atoms with Crippen LogP contribution in [0.15, 0.2) is 53.1 Å². The highest BCUT2D eigenvalue weighted by molar-refractivity contribution is 6.21. The normalized spacial score (nSPS) is 13.2. The van der Waals surface area contributed by atoms with E-state index in [0.29, 0.717) is 11.1 Å². The highest BCUT2D eigenvalue weighted by atomic mass is 16.5. The highest BCUT2D eigenvalue weighted by Crippen LogP contribution is 2.24. The molecular formula is C22H19NO5. The lowest BCUT2D eigenvalue weighted by Crippen LogP contribution is -2.33. The predicted octanol–water partition coefficient (Wildman–Crippen LogP) is 3.38. The molecule has 0 aliphatic carbocycles. The average Bonchev–Trinajstić information content (AvgIpc) is 3.22. The van der Waals surface area contributed by atoms with Crippen LogP contribution >= 0.6 is 0 Å². The number of amides is 2. The van der Waals surface area contributed by atoms with Gasteiger partial charge in [-0.05, 0) is 30.2 Å². The molecule has 3 aromatic rings. The lowest BCUT2D eigenvalue weighted by molar-refractivity contribution is -0.143. The lowest BCUT2D eigenvalue weighted by atomic mass is 10.1. The van der Waals surface area contributed by atoms with Crippen molar-refractivity contribution in [2.24, 2.45) is 0 Å². The molecule has 0 bridgehead atoms. The zero-order valence-electron chi connectivity index (χ0n) is 15.4. The van der Waals surface area contributed by atoms with E-state index < -0.39 is 5.97 Å². The van der Waals surface area contributed by atoms with Gasteiger partial charge in [-0.2, -0.15) is 0 Å². The molecule has 2 heterocycles. The van der Waals surface area contributed by atoms with Gasteiger partial charge in [0.25, 0.3) is 11.8 Å². The number of ether oxygens (including phenoxy) is 1. The van der Waals surface area contributed by atoms with Gasteiger partial charge in [0.1, 0.15) is 12.2 Å². The Bertz CT molecular complexity index is 1050. The topological polar surface area (TPSA) is 76.8 Å². The Morgan fingerprint density at radius 2 is 1.79 bits per heavy atom. The van der Waals surface area contributed by atoms with Crippen LogP contribution < -0.4 is 0 Å². The summed E-state index contributed by atoms with van der Waals surface area (Å²) in [4.78, 5) is 37.9. The van der Waals surface area contributed by atoms with Gasteiger partial charge in [-0.25, -0.2) is 0 Å². The number of hydrogen-bond acceptors (Lipinski definition) is 5. The van der Waals surface area contributed by atoms with Crippen LogP contribution in [0.25, 0.3) is 11.0 Å². The van der Waals surface area contributed by atoms with Crippen LogP contribution in [-0.4, -0.2) is 35.8 Å². The first kappa shape index (κ1) is 18.0.